The van der Waals surface area contributed by atoms with E-state index in [1.807, 2.05) is 36.4 Å². The number of carbonyl (C=O) groups excluding carboxylic acids is 1. The van der Waals surface area contributed by atoms with Crippen LogP contribution in [0.4, 0.5) is 5.69 Å². The third kappa shape index (κ3) is 5.13. The predicted octanol–water partition coefficient (Wildman–Crippen LogP) is 6.43. The molecule has 0 spiro atoms. The number of halogens is 3. The van der Waals surface area contributed by atoms with Gasteiger partial charge in [-0.2, -0.15) is 0 Å². The lowest BCUT2D eigenvalue weighted by molar-refractivity contribution is 0.102. The first-order valence-electron chi connectivity index (χ1n) is 7.75. The van der Waals surface area contributed by atoms with Gasteiger partial charge in [0, 0.05) is 19.8 Å². The standard InChI is InChI=1S/C20H14Cl2INO2/c21-15-5-10-19(18(22)11-15)26-12-13-1-3-14(4-2-13)20(25)24-17-8-6-16(23)7-9-17/h1-11H,12H2,(H,24,25). The second kappa shape index (κ2) is 8.75. The Morgan fingerprint density at radius 2 is 1.65 bits per heavy atom. The molecule has 0 aliphatic carbocycles. The summed E-state index contributed by atoms with van der Waals surface area (Å²) < 4.78 is 6.81. The molecule has 0 bridgehead atoms. The van der Waals surface area contributed by atoms with Gasteiger partial charge in [-0.1, -0.05) is 35.3 Å². The van der Waals surface area contributed by atoms with Gasteiger partial charge in [0.2, 0.25) is 0 Å². The van der Waals surface area contributed by atoms with Gasteiger partial charge >= 0.3 is 0 Å². The van der Waals surface area contributed by atoms with Crippen LogP contribution in [0.2, 0.25) is 10.0 Å². The zero-order valence-corrected chi connectivity index (χ0v) is 17.2. The minimum atomic E-state index is -0.153. The molecule has 1 amide bonds. The SMILES string of the molecule is O=C(Nc1ccc(I)cc1)c1ccc(COc2ccc(Cl)cc2Cl)cc1. The van der Waals surface area contributed by atoms with E-state index in [0.717, 1.165) is 14.8 Å². The number of amides is 1. The predicted molar refractivity (Wildman–Crippen MR) is 114 cm³/mol. The van der Waals surface area contributed by atoms with Crippen LogP contribution in [0.3, 0.4) is 0 Å². The van der Waals surface area contributed by atoms with E-state index >= 15 is 0 Å². The van der Waals surface area contributed by atoms with Crippen molar-refractivity contribution in [3.8, 4) is 5.75 Å². The highest BCUT2D eigenvalue weighted by Crippen LogP contribution is 2.28. The maximum absolute atomic E-state index is 12.3. The molecule has 3 aromatic rings. The molecule has 0 aliphatic rings. The van der Waals surface area contributed by atoms with E-state index in [4.69, 9.17) is 27.9 Å². The normalized spacial score (nSPS) is 10.4. The maximum Gasteiger partial charge on any atom is 0.255 e. The Bertz CT molecular complexity index is 912. The summed E-state index contributed by atoms with van der Waals surface area (Å²) in [6, 6.07) is 20.0. The molecule has 0 saturated heterocycles. The summed E-state index contributed by atoms with van der Waals surface area (Å²) in [5.74, 6) is 0.413. The van der Waals surface area contributed by atoms with E-state index in [1.54, 1.807) is 30.3 Å². The van der Waals surface area contributed by atoms with E-state index in [-0.39, 0.29) is 5.91 Å². The zero-order valence-electron chi connectivity index (χ0n) is 13.5. The molecular weight excluding hydrogens is 484 g/mol. The van der Waals surface area contributed by atoms with Crippen LogP contribution in [0.25, 0.3) is 0 Å². The quantitative estimate of drug-likeness (QED) is 0.412. The maximum atomic E-state index is 12.3. The number of benzene rings is 3. The highest BCUT2D eigenvalue weighted by molar-refractivity contribution is 14.1. The number of rotatable bonds is 5. The molecule has 3 rings (SSSR count). The van der Waals surface area contributed by atoms with Crippen molar-refractivity contribution in [3.63, 3.8) is 0 Å². The molecule has 0 aromatic heterocycles. The van der Waals surface area contributed by atoms with Crippen molar-refractivity contribution in [2.24, 2.45) is 0 Å². The van der Waals surface area contributed by atoms with E-state index in [1.165, 1.54) is 0 Å². The first-order chi connectivity index (χ1) is 12.5. The minimum Gasteiger partial charge on any atom is -0.487 e. The molecule has 3 nitrogen and oxygen atoms in total. The Morgan fingerprint density at radius 1 is 0.962 bits per heavy atom. The molecule has 0 saturated carbocycles. The summed E-state index contributed by atoms with van der Waals surface area (Å²) in [4.78, 5) is 12.3. The van der Waals surface area contributed by atoms with Crippen LogP contribution >= 0.6 is 45.8 Å². The minimum absolute atomic E-state index is 0.153. The molecule has 0 heterocycles. The first-order valence-corrected chi connectivity index (χ1v) is 9.58. The smallest absolute Gasteiger partial charge is 0.255 e. The lowest BCUT2D eigenvalue weighted by atomic mass is 10.1. The lowest BCUT2D eigenvalue weighted by Crippen LogP contribution is -2.11. The Labute approximate surface area is 175 Å². The summed E-state index contributed by atoms with van der Waals surface area (Å²) in [5.41, 5.74) is 2.28. The first kappa shape index (κ1) is 19.0. The van der Waals surface area contributed by atoms with Gasteiger partial charge in [-0.05, 0) is 82.8 Å². The molecule has 132 valence electrons. The number of carbonyl (C=O) groups is 1. The topological polar surface area (TPSA) is 38.3 Å². The molecule has 1 N–H and O–H groups in total. The highest BCUT2D eigenvalue weighted by Gasteiger charge is 2.07. The van der Waals surface area contributed by atoms with Crippen molar-refractivity contribution in [2.75, 3.05) is 5.32 Å². The van der Waals surface area contributed by atoms with Gasteiger partial charge in [-0.3, -0.25) is 4.79 Å². The van der Waals surface area contributed by atoms with Crippen molar-refractivity contribution in [3.05, 3.63) is 91.5 Å². The molecule has 26 heavy (non-hydrogen) atoms. The summed E-state index contributed by atoms with van der Waals surface area (Å²) >= 11 is 14.2. The molecule has 0 unspecified atom stereocenters. The van der Waals surface area contributed by atoms with Crippen molar-refractivity contribution in [2.45, 2.75) is 6.61 Å². The zero-order chi connectivity index (χ0) is 18.5. The monoisotopic (exact) mass is 497 g/mol. The molecular formula is C20H14Cl2INO2. The Morgan fingerprint density at radius 3 is 2.31 bits per heavy atom. The summed E-state index contributed by atoms with van der Waals surface area (Å²) in [5, 5.41) is 3.90. The van der Waals surface area contributed by atoms with Crippen LogP contribution in [-0.4, -0.2) is 5.91 Å². The third-order valence-corrected chi connectivity index (χ3v) is 4.86. The largest absolute Gasteiger partial charge is 0.487 e. The van der Waals surface area contributed by atoms with Gasteiger partial charge < -0.3 is 10.1 Å². The van der Waals surface area contributed by atoms with Crippen molar-refractivity contribution < 1.29 is 9.53 Å². The van der Waals surface area contributed by atoms with Gasteiger partial charge in [-0.25, -0.2) is 0 Å². The average Bonchev–Trinajstić information content (AvgIpc) is 2.63. The molecule has 0 fully saturated rings. The van der Waals surface area contributed by atoms with Crippen LogP contribution in [0, 0.1) is 3.57 Å². The van der Waals surface area contributed by atoms with E-state index in [2.05, 4.69) is 27.9 Å². The second-order valence-electron chi connectivity index (χ2n) is 5.52. The van der Waals surface area contributed by atoms with Crippen molar-refractivity contribution in [1.29, 1.82) is 0 Å². The van der Waals surface area contributed by atoms with E-state index < -0.39 is 0 Å². The number of hydrogen-bond donors (Lipinski definition) is 1. The third-order valence-electron chi connectivity index (χ3n) is 3.61. The number of ether oxygens (including phenoxy) is 1. The van der Waals surface area contributed by atoms with Crippen LogP contribution in [0.15, 0.2) is 66.7 Å². The molecule has 0 atom stereocenters. The Kier molecular flexibility index (Phi) is 6.40. The van der Waals surface area contributed by atoms with Crippen LogP contribution < -0.4 is 10.1 Å². The van der Waals surface area contributed by atoms with Gasteiger partial charge in [0.25, 0.3) is 5.91 Å². The van der Waals surface area contributed by atoms with Crippen molar-refractivity contribution in [1.82, 2.24) is 0 Å². The molecule has 6 heteroatoms. The number of anilines is 1. The van der Waals surface area contributed by atoms with Gasteiger partial charge in [0.1, 0.15) is 12.4 Å². The second-order valence-corrected chi connectivity index (χ2v) is 7.61. The van der Waals surface area contributed by atoms with Gasteiger partial charge in [0.05, 0.1) is 5.02 Å². The number of hydrogen-bond acceptors (Lipinski definition) is 2. The summed E-state index contributed by atoms with van der Waals surface area (Å²) in [6.07, 6.45) is 0. The van der Waals surface area contributed by atoms with Crippen molar-refractivity contribution >= 4 is 57.4 Å². The Balaban J connectivity index is 1.60. The van der Waals surface area contributed by atoms with Crippen LogP contribution in [0.5, 0.6) is 5.75 Å². The molecule has 3 aromatic carbocycles. The average molecular weight is 498 g/mol. The highest BCUT2D eigenvalue weighted by atomic mass is 127. The number of nitrogens with one attached hydrogen (secondary N) is 1. The van der Waals surface area contributed by atoms with Gasteiger partial charge in [0.15, 0.2) is 0 Å². The molecule has 0 aliphatic heterocycles. The fourth-order valence-electron chi connectivity index (χ4n) is 2.24. The van der Waals surface area contributed by atoms with Crippen LogP contribution in [-0.2, 0) is 6.61 Å². The summed E-state index contributed by atoms with van der Waals surface area (Å²) in [7, 11) is 0. The fraction of sp³-hybridized carbons (Fsp3) is 0.0500. The lowest BCUT2D eigenvalue weighted by Gasteiger charge is -2.09. The summed E-state index contributed by atoms with van der Waals surface area (Å²) in [6.45, 7) is 0.348. The fourth-order valence-corrected chi connectivity index (χ4v) is 3.06. The van der Waals surface area contributed by atoms with Crippen LogP contribution in [0.1, 0.15) is 15.9 Å². The Hall–Kier alpha value is -1.76. The van der Waals surface area contributed by atoms with E-state index in [0.29, 0.717) is 28.0 Å². The van der Waals surface area contributed by atoms with Gasteiger partial charge in [-0.15, -0.1) is 0 Å². The van der Waals surface area contributed by atoms with E-state index in [9.17, 15) is 4.79 Å². The molecule has 0 radical (unpaired) electrons.